The molecule has 4 aliphatic rings. The smallest absolute Gasteiger partial charge is 0.242 e. The number of nitrogens with zero attached hydrogens (tertiary/aromatic N) is 7. The second-order valence-electron chi connectivity index (χ2n) is 9.95. The number of nitriles is 1. The highest BCUT2D eigenvalue weighted by Gasteiger charge is 2.56. The summed E-state index contributed by atoms with van der Waals surface area (Å²) in [5.74, 6) is 0.963. The van der Waals surface area contributed by atoms with Gasteiger partial charge in [-0.05, 0) is 54.2 Å². The van der Waals surface area contributed by atoms with Gasteiger partial charge in [-0.3, -0.25) is 14.5 Å². The van der Waals surface area contributed by atoms with E-state index >= 15 is 0 Å². The lowest BCUT2D eigenvalue weighted by atomic mass is 10.0. The molecule has 11 nitrogen and oxygen atoms in total. The summed E-state index contributed by atoms with van der Waals surface area (Å²) in [5, 5.41) is 23.4. The Hall–Kier alpha value is -3.36. The minimum absolute atomic E-state index is 0.0773. The zero-order valence-electron chi connectivity index (χ0n) is 18.9. The number of hydrogen-bond donors (Lipinski definition) is 2. The Morgan fingerprint density at radius 1 is 1.35 bits per heavy atom. The Kier molecular flexibility index (Phi) is 4.89. The van der Waals surface area contributed by atoms with Crippen molar-refractivity contribution in [1.82, 2.24) is 35.3 Å². The van der Waals surface area contributed by atoms with Gasteiger partial charge in [0.15, 0.2) is 5.82 Å². The summed E-state index contributed by atoms with van der Waals surface area (Å²) in [6, 6.07) is 8.96. The fraction of sp³-hybridized carbons (Fsp3) is 0.565. The summed E-state index contributed by atoms with van der Waals surface area (Å²) < 4.78 is 0. The molecule has 3 N–H and O–H groups in total. The number of tetrazole rings is 1. The maximum atomic E-state index is 13.3. The SMILES string of the molecule is C[C@@H](c1cccc(-c2nnn[nH]2)c1)N1C(=O)[C@@H]2C[C@H]1CN2C[C@H](N)C(=O)N1[C@H](C#N)CC2C[C@@H]21. The minimum Gasteiger partial charge on any atom is -0.330 e. The molecule has 4 heterocycles. The second kappa shape index (κ2) is 7.85. The van der Waals surface area contributed by atoms with Crippen molar-refractivity contribution in [2.75, 3.05) is 13.1 Å². The molecule has 2 amide bonds. The summed E-state index contributed by atoms with van der Waals surface area (Å²) in [6.07, 6.45) is 2.48. The monoisotopic (exact) mass is 461 g/mol. The molecule has 2 aromatic rings. The van der Waals surface area contributed by atoms with Crippen LogP contribution in [0.4, 0.5) is 0 Å². The van der Waals surface area contributed by atoms with Gasteiger partial charge in [0, 0.05) is 30.7 Å². The van der Waals surface area contributed by atoms with E-state index in [2.05, 4.69) is 31.6 Å². The van der Waals surface area contributed by atoms with Gasteiger partial charge in [-0.1, -0.05) is 18.2 Å². The molecular formula is C23H27N9O2. The molecule has 11 heteroatoms. The van der Waals surface area contributed by atoms with E-state index < -0.39 is 6.04 Å². The highest BCUT2D eigenvalue weighted by atomic mass is 16.2. The number of piperidine rings is 1. The molecule has 0 radical (unpaired) electrons. The number of likely N-dealkylation sites (tertiary alicyclic amines) is 3. The van der Waals surface area contributed by atoms with Crippen molar-refractivity contribution in [3.8, 4) is 17.5 Å². The van der Waals surface area contributed by atoms with Crippen molar-refractivity contribution in [1.29, 1.82) is 5.26 Å². The van der Waals surface area contributed by atoms with E-state index in [4.69, 9.17) is 5.73 Å². The lowest BCUT2D eigenvalue weighted by Crippen LogP contribution is -2.57. The Balaban J connectivity index is 1.12. The lowest BCUT2D eigenvalue weighted by molar-refractivity contribution is -0.141. The molecule has 1 aliphatic carbocycles. The molecule has 176 valence electrons. The fourth-order valence-electron chi connectivity index (χ4n) is 6.20. The number of hydrogen-bond acceptors (Lipinski definition) is 8. The number of fused-ring (bicyclic) bond motifs is 3. The summed E-state index contributed by atoms with van der Waals surface area (Å²) >= 11 is 0. The van der Waals surface area contributed by atoms with Crippen LogP contribution in [0.5, 0.6) is 0 Å². The minimum atomic E-state index is -0.722. The van der Waals surface area contributed by atoms with Crippen LogP contribution in [-0.4, -0.2) is 90.4 Å². The van der Waals surface area contributed by atoms with Crippen molar-refractivity contribution < 1.29 is 9.59 Å². The first-order chi connectivity index (χ1) is 16.5. The summed E-state index contributed by atoms with van der Waals surface area (Å²) in [7, 11) is 0. The fourth-order valence-corrected chi connectivity index (χ4v) is 6.20. The highest BCUT2D eigenvalue weighted by Crippen LogP contribution is 2.48. The van der Waals surface area contributed by atoms with Crippen molar-refractivity contribution in [3.63, 3.8) is 0 Å². The molecular weight excluding hydrogens is 434 g/mol. The predicted octanol–water partition coefficient (Wildman–Crippen LogP) is 0.0531. The summed E-state index contributed by atoms with van der Waals surface area (Å²) in [4.78, 5) is 32.1. The summed E-state index contributed by atoms with van der Waals surface area (Å²) in [6.45, 7) is 3.08. The topological polar surface area (TPSA) is 148 Å². The number of benzene rings is 1. The number of amides is 2. The predicted molar refractivity (Wildman–Crippen MR) is 119 cm³/mol. The van der Waals surface area contributed by atoms with Gasteiger partial charge in [0.2, 0.25) is 11.8 Å². The van der Waals surface area contributed by atoms with Crippen LogP contribution in [0.15, 0.2) is 24.3 Å². The number of rotatable bonds is 6. The van der Waals surface area contributed by atoms with E-state index in [1.54, 1.807) is 4.90 Å². The number of H-pyrrole nitrogens is 1. The third kappa shape index (κ3) is 3.28. The molecule has 3 saturated heterocycles. The third-order valence-electron chi connectivity index (χ3n) is 7.98. The van der Waals surface area contributed by atoms with Gasteiger partial charge in [-0.25, -0.2) is 5.10 Å². The van der Waals surface area contributed by atoms with Crippen molar-refractivity contribution in [2.45, 2.75) is 62.4 Å². The van der Waals surface area contributed by atoms with Crippen molar-refractivity contribution in [2.24, 2.45) is 11.7 Å². The van der Waals surface area contributed by atoms with Gasteiger partial charge < -0.3 is 15.5 Å². The van der Waals surface area contributed by atoms with Crippen LogP contribution in [0.25, 0.3) is 11.4 Å². The Morgan fingerprint density at radius 2 is 2.21 bits per heavy atom. The Bertz CT molecular complexity index is 1160. The van der Waals surface area contributed by atoms with E-state index in [-0.39, 0.29) is 42.0 Å². The normalized spacial score (nSPS) is 31.4. The average molecular weight is 462 g/mol. The van der Waals surface area contributed by atoms with Crippen LogP contribution in [0.3, 0.4) is 0 Å². The first-order valence-electron chi connectivity index (χ1n) is 11.8. The maximum Gasteiger partial charge on any atom is 0.242 e. The molecule has 0 spiro atoms. The van der Waals surface area contributed by atoms with Crippen LogP contribution < -0.4 is 5.73 Å². The summed E-state index contributed by atoms with van der Waals surface area (Å²) in [5.41, 5.74) is 8.20. The van der Waals surface area contributed by atoms with Crippen molar-refractivity contribution in [3.05, 3.63) is 29.8 Å². The number of aromatic nitrogens is 4. The molecule has 7 atom stereocenters. The van der Waals surface area contributed by atoms with Crippen LogP contribution in [-0.2, 0) is 9.59 Å². The molecule has 1 aromatic heterocycles. The Labute approximate surface area is 196 Å². The van der Waals surface area contributed by atoms with E-state index in [9.17, 15) is 14.9 Å². The number of nitrogens with one attached hydrogen (secondary N) is 1. The lowest BCUT2D eigenvalue weighted by Gasteiger charge is -2.38. The van der Waals surface area contributed by atoms with E-state index in [0.717, 1.165) is 30.4 Å². The molecule has 34 heavy (non-hydrogen) atoms. The first-order valence-corrected chi connectivity index (χ1v) is 11.8. The standard InChI is InChI=1S/C23H27N9O2/c1-12(13-3-2-4-14(5-13)21-26-28-29-27-21)31-17-8-20(23(31)34)30(10-17)11-18(25)22(33)32-16(9-24)6-15-7-19(15)32/h2-5,12,15-20H,6-8,10-11,25H2,1H3,(H,26,27,28,29)/t12-,15?,16-,17-,18-,19-,20-/m0/s1. The van der Waals surface area contributed by atoms with Gasteiger partial charge in [-0.2, -0.15) is 5.26 Å². The number of aromatic amines is 1. The van der Waals surface area contributed by atoms with Crippen LogP contribution >= 0.6 is 0 Å². The number of carbonyl (C=O) groups is 2. The maximum absolute atomic E-state index is 13.3. The van der Waals surface area contributed by atoms with Crippen LogP contribution in [0.1, 0.15) is 37.8 Å². The number of piperazine rings is 1. The molecule has 2 bridgehead atoms. The number of carbonyl (C=O) groups excluding carboxylic acids is 2. The zero-order chi connectivity index (χ0) is 23.6. The zero-order valence-corrected chi connectivity index (χ0v) is 18.9. The molecule has 1 saturated carbocycles. The van der Waals surface area contributed by atoms with Crippen molar-refractivity contribution >= 4 is 11.8 Å². The van der Waals surface area contributed by atoms with Crippen LogP contribution in [0, 0.1) is 17.2 Å². The molecule has 1 unspecified atom stereocenters. The van der Waals surface area contributed by atoms with E-state index in [0.29, 0.717) is 24.8 Å². The van der Waals surface area contributed by atoms with E-state index in [1.165, 1.54) is 0 Å². The molecule has 1 aromatic carbocycles. The third-order valence-corrected chi connectivity index (χ3v) is 7.98. The molecule has 6 rings (SSSR count). The largest absolute Gasteiger partial charge is 0.330 e. The second-order valence-corrected chi connectivity index (χ2v) is 9.95. The van der Waals surface area contributed by atoms with Crippen LogP contribution in [0.2, 0.25) is 0 Å². The van der Waals surface area contributed by atoms with E-state index in [1.807, 2.05) is 36.1 Å². The van der Waals surface area contributed by atoms with Gasteiger partial charge in [0.25, 0.3) is 0 Å². The molecule has 3 aliphatic heterocycles. The van der Waals surface area contributed by atoms with Gasteiger partial charge in [0.1, 0.15) is 6.04 Å². The average Bonchev–Trinajstić information content (AvgIpc) is 3.28. The van der Waals surface area contributed by atoms with Gasteiger partial charge in [-0.15, -0.1) is 5.10 Å². The highest BCUT2D eigenvalue weighted by molar-refractivity contribution is 5.87. The van der Waals surface area contributed by atoms with Gasteiger partial charge >= 0.3 is 0 Å². The number of nitrogens with two attached hydrogens (primary N) is 1. The quantitative estimate of drug-likeness (QED) is 0.613. The van der Waals surface area contributed by atoms with Gasteiger partial charge in [0.05, 0.1) is 24.2 Å². The first kappa shape index (κ1) is 21.2. The molecule has 4 fully saturated rings. The Morgan fingerprint density at radius 3 is 2.94 bits per heavy atom.